The molecule has 1 N–H and O–H groups in total. The molecule has 0 unspecified atom stereocenters. The number of nitrogens with zero attached hydrogens (tertiary/aromatic N) is 4. The van der Waals surface area contributed by atoms with Gasteiger partial charge in [-0.15, -0.1) is 0 Å². The molecule has 0 radical (unpaired) electrons. The van der Waals surface area contributed by atoms with Crippen LogP contribution in [0.1, 0.15) is 22.3 Å². The highest BCUT2D eigenvalue weighted by atomic mass is 35.5. The SMILES string of the molecule is O=C(/C=C/c1cc(Cl)cc(Cl)c1)N1C[C@H]2CCN(C(=O)c3ccc4n[nH]nc4c3)C[C@@H]2C1. The molecule has 2 aromatic carbocycles. The maximum absolute atomic E-state index is 13.0. The lowest BCUT2D eigenvalue weighted by molar-refractivity contribution is -0.125. The van der Waals surface area contributed by atoms with Crippen molar-refractivity contribution in [3.63, 3.8) is 0 Å². The van der Waals surface area contributed by atoms with Crippen LogP contribution in [0.15, 0.2) is 42.5 Å². The molecule has 2 amide bonds. The van der Waals surface area contributed by atoms with E-state index in [4.69, 9.17) is 23.2 Å². The average Bonchev–Trinajstić information content (AvgIpc) is 3.42. The number of aromatic nitrogens is 3. The van der Waals surface area contributed by atoms with Gasteiger partial charge in [0.2, 0.25) is 5.91 Å². The fourth-order valence-corrected chi connectivity index (χ4v) is 5.18. The molecule has 2 saturated heterocycles. The summed E-state index contributed by atoms with van der Waals surface area (Å²) in [6, 6.07) is 10.5. The number of likely N-dealkylation sites (tertiary alicyclic amines) is 2. The van der Waals surface area contributed by atoms with Gasteiger partial charge in [-0.3, -0.25) is 9.59 Å². The average molecular weight is 470 g/mol. The lowest BCUT2D eigenvalue weighted by Crippen LogP contribution is -2.43. The number of H-pyrrole nitrogens is 1. The second-order valence-electron chi connectivity index (χ2n) is 8.37. The van der Waals surface area contributed by atoms with E-state index in [0.29, 0.717) is 46.7 Å². The molecule has 2 fully saturated rings. The van der Waals surface area contributed by atoms with Crippen molar-refractivity contribution < 1.29 is 9.59 Å². The highest BCUT2D eigenvalue weighted by Crippen LogP contribution is 2.32. The highest BCUT2D eigenvalue weighted by Gasteiger charge is 2.39. The van der Waals surface area contributed by atoms with Crippen LogP contribution in [0.4, 0.5) is 0 Å². The van der Waals surface area contributed by atoms with E-state index in [1.54, 1.807) is 48.6 Å². The number of nitrogens with one attached hydrogen (secondary N) is 1. The van der Waals surface area contributed by atoms with Gasteiger partial charge in [0.05, 0.1) is 0 Å². The highest BCUT2D eigenvalue weighted by molar-refractivity contribution is 6.34. The molecule has 9 heteroatoms. The summed E-state index contributed by atoms with van der Waals surface area (Å²) in [5, 5.41) is 11.7. The van der Waals surface area contributed by atoms with E-state index in [1.807, 2.05) is 9.80 Å². The van der Waals surface area contributed by atoms with E-state index in [2.05, 4.69) is 15.4 Å². The number of hydrogen-bond donors (Lipinski definition) is 1. The Bertz CT molecular complexity index is 1200. The number of piperidine rings is 1. The Kier molecular flexibility index (Phi) is 5.61. The van der Waals surface area contributed by atoms with Crippen LogP contribution < -0.4 is 0 Å². The maximum Gasteiger partial charge on any atom is 0.253 e. The molecular formula is C23H21Cl2N5O2. The molecule has 2 aliphatic rings. The zero-order valence-electron chi connectivity index (χ0n) is 17.2. The Morgan fingerprint density at radius 3 is 2.47 bits per heavy atom. The first kappa shape index (κ1) is 21.0. The van der Waals surface area contributed by atoms with Gasteiger partial charge in [0.1, 0.15) is 11.0 Å². The van der Waals surface area contributed by atoms with Crippen molar-refractivity contribution in [2.24, 2.45) is 11.8 Å². The molecular weight excluding hydrogens is 449 g/mol. The summed E-state index contributed by atoms with van der Waals surface area (Å²) in [6.45, 7) is 2.71. The third-order valence-electron chi connectivity index (χ3n) is 6.27. The summed E-state index contributed by atoms with van der Waals surface area (Å²) >= 11 is 12.1. The Morgan fingerprint density at radius 1 is 0.938 bits per heavy atom. The van der Waals surface area contributed by atoms with Gasteiger partial charge < -0.3 is 9.80 Å². The van der Waals surface area contributed by atoms with Crippen molar-refractivity contribution in [2.45, 2.75) is 6.42 Å². The van der Waals surface area contributed by atoms with Crippen LogP contribution in [-0.2, 0) is 4.79 Å². The van der Waals surface area contributed by atoms with Gasteiger partial charge in [-0.1, -0.05) is 23.2 Å². The monoisotopic (exact) mass is 469 g/mol. The van der Waals surface area contributed by atoms with Crippen molar-refractivity contribution in [3.05, 3.63) is 63.6 Å². The topological polar surface area (TPSA) is 82.2 Å². The Balaban J connectivity index is 1.23. The molecule has 2 aliphatic heterocycles. The molecule has 7 nitrogen and oxygen atoms in total. The second-order valence-corrected chi connectivity index (χ2v) is 9.24. The number of amides is 2. The van der Waals surface area contributed by atoms with Gasteiger partial charge in [0, 0.05) is 47.9 Å². The Labute approximate surface area is 195 Å². The predicted molar refractivity (Wildman–Crippen MR) is 123 cm³/mol. The first-order valence-corrected chi connectivity index (χ1v) is 11.2. The summed E-state index contributed by atoms with van der Waals surface area (Å²) in [4.78, 5) is 29.5. The molecule has 5 rings (SSSR count). The summed E-state index contributed by atoms with van der Waals surface area (Å²) < 4.78 is 0. The molecule has 0 spiro atoms. The number of benzene rings is 2. The molecule has 3 heterocycles. The third kappa shape index (κ3) is 4.23. The van der Waals surface area contributed by atoms with E-state index in [1.165, 1.54) is 0 Å². The van der Waals surface area contributed by atoms with Crippen LogP contribution in [0.3, 0.4) is 0 Å². The quantitative estimate of drug-likeness (QED) is 0.589. The van der Waals surface area contributed by atoms with Crippen LogP contribution in [-0.4, -0.2) is 63.2 Å². The molecule has 0 saturated carbocycles. The number of rotatable bonds is 3. The van der Waals surface area contributed by atoms with Crippen molar-refractivity contribution in [2.75, 3.05) is 26.2 Å². The fraction of sp³-hybridized carbons (Fsp3) is 0.304. The second kappa shape index (κ2) is 8.56. The van der Waals surface area contributed by atoms with Crippen LogP contribution in [0.25, 0.3) is 17.1 Å². The molecule has 32 heavy (non-hydrogen) atoms. The van der Waals surface area contributed by atoms with Gasteiger partial charge in [-0.25, -0.2) is 0 Å². The molecule has 0 aliphatic carbocycles. The fourth-order valence-electron chi connectivity index (χ4n) is 4.63. The minimum Gasteiger partial charge on any atom is -0.339 e. The third-order valence-corrected chi connectivity index (χ3v) is 6.70. The standard InChI is InChI=1S/C23H21Cl2N5O2/c24-18-7-14(8-19(25)10-18)1-4-22(31)30-11-16-5-6-29(12-17(16)13-30)23(32)15-2-3-20-21(9-15)27-28-26-20/h1-4,7-10,16-17H,5-6,11-13H2,(H,26,27,28)/b4-1+/t16-,17-/m1/s1. The van der Waals surface area contributed by atoms with E-state index in [9.17, 15) is 9.59 Å². The molecule has 2 atom stereocenters. The largest absolute Gasteiger partial charge is 0.339 e. The first-order chi connectivity index (χ1) is 15.5. The molecule has 3 aromatic rings. The zero-order chi connectivity index (χ0) is 22.2. The summed E-state index contributed by atoms with van der Waals surface area (Å²) in [6.07, 6.45) is 4.19. The van der Waals surface area contributed by atoms with E-state index in [-0.39, 0.29) is 17.7 Å². The number of halogens is 2. The van der Waals surface area contributed by atoms with Gasteiger partial charge in [-0.05, 0) is 66.3 Å². The van der Waals surface area contributed by atoms with E-state index >= 15 is 0 Å². The van der Waals surface area contributed by atoms with Gasteiger partial charge in [-0.2, -0.15) is 15.4 Å². The Morgan fingerprint density at radius 2 is 1.66 bits per heavy atom. The van der Waals surface area contributed by atoms with Gasteiger partial charge in [0.15, 0.2) is 0 Å². The van der Waals surface area contributed by atoms with E-state index in [0.717, 1.165) is 24.0 Å². The minimum atomic E-state index is -0.0372. The lowest BCUT2D eigenvalue weighted by Gasteiger charge is -2.34. The van der Waals surface area contributed by atoms with Crippen LogP contribution in [0, 0.1) is 11.8 Å². The van der Waals surface area contributed by atoms with Crippen LogP contribution >= 0.6 is 23.2 Å². The number of carbonyl (C=O) groups excluding carboxylic acids is 2. The predicted octanol–water partition coefficient (Wildman–Crippen LogP) is 3.90. The number of carbonyl (C=O) groups is 2. The molecule has 164 valence electrons. The number of aromatic amines is 1. The number of hydrogen-bond acceptors (Lipinski definition) is 4. The van der Waals surface area contributed by atoms with Gasteiger partial charge >= 0.3 is 0 Å². The minimum absolute atomic E-state index is 0.00384. The van der Waals surface area contributed by atoms with Crippen molar-refractivity contribution in [3.8, 4) is 0 Å². The number of fused-ring (bicyclic) bond motifs is 2. The van der Waals surface area contributed by atoms with Crippen molar-refractivity contribution in [1.82, 2.24) is 25.2 Å². The summed E-state index contributed by atoms with van der Waals surface area (Å²) in [5.41, 5.74) is 2.81. The van der Waals surface area contributed by atoms with Crippen LogP contribution in [0.5, 0.6) is 0 Å². The van der Waals surface area contributed by atoms with E-state index < -0.39 is 0 Å². The lowest BCUT2D eigenvalue weighted by atomic mass is 9.88. The van der Waals surface area contributed by atoms with Gasteiger partial charge in [0.25, 0.3) is 5.91 Å². The van der Waals surface area contributed by atoms with Crippen molar-refractivity contribution >= 4 is 52.1 Å². The summed E-state index contributed by atoms with van der Waals surface area (Å²) in [7, 11) is 0. The zero-order valence-corrected chi connectivity index (χ0v) is 18.7. The molecule has 1 aromatic heterocycles. The first-order valence-electron chi connectivity index (χ1n) is 10.5. The normalized spacial score (nSPS) is 20.8. The van der Waals surface area contributed by atoms with Crippen molar-refractivity contribution in [1.29, 1.82) is 0 Å². The molecule has 0 bridgehead atoms. The maximum atomic E-state index is 13.0. The Hall–Kier alpha value is -2.90. The van der Waals surface area contributed by atoms with Crippen LogP contribution in [0.2, 0.25) is 10.0 Å². The smallest absolute Gasteiger partial charge is 0.253 e. The summed E-state index contributed by atoms with van der Waals surface area (Å²) in [5.74, 6) is 0.650.